The van der Waals surface area contributed by atoms with Gasteiger partial charge in [0.15, 0.2) is 0 Å². The van der Waals surface area contributed by atoms with E-state index in [1.54, 1.807) is 44.2 Å². The number of ether oxygens (including phenoxy) is 2. The number of hydrogen-bond donors (Lipinski definition) is 2. The Morgan fingerprint density at radius 3 is 2.19 bits per heavy atom. The molecule has 0 bridgehead atoms. The van der Waals surface area contributed by atoms with Gasteiger partial charge < -0.3 is 19.9 Å². The second-order valence-electron chi connectivity index (χ2n) is 7.26. The molecule has 2 atom stereocenters. The van der Waals surface area contributed by atoms with Crippen LogP contribution >= 0.6 is 0 Å². The summed E-state index contributed by atoms with van der Waals surface area (Å²) in [5, 5.41) is 11.6. The van der Waals surface area contributed by atoms with Gasteiger partial charge in [0.2, 0.25) is 0 Å². The van der Waals surface area contributed by atoms with E-state index in [0.717, 1.165) is 0 Å². The van der Waals surface area contributed by atoms with Gasteiger partial charge in [-0.1, -0.05) is 45.9 Å². The molecule has 0 spiro atoms. The van der Waals surface area contributed by atoms with E-state index in [0.29, 0.717) is 17.9 Å². The molecule has 0 saturated heterocycles. The van der Waals surface area contributed by atoms with Gasteiger partial charge in [-0.05, 0) is 30.4 Å². The van der Waals surface area contributed by atoms with Crippen LogP contribution in [0.4, 0.5) is 4.79 Å². The van der Waals surface area contributed by atoms with Gasteiger partial charge >= 0.3 is 18.0 Å². The maximum absolute atomic E-state index is 12.2. The largest absolute Gasteiger partial charge is 0.481 e. The zero-order chi connectivity index (χ0) is 20.4. The third kappa shape index (κ3) is 9.08. The molecule has 0 aliphatic heterocycles. The number of alkyl carbamates (subject to hydrolysis) is 1. The second-order valence-corrected chi connectivity index (χ2v) is 7.26. The summed E-state index contributed by atoms with van der Waals surface area (Å²) in [6.45, 7) is 7.70. The molecule has 1 aromatic rings. The standard InChI is InChI=1S/C20H29NO6/c1-13(2)10-15(11-17(22)23)12-21-20(25)27-19(14(3)4)26-18(24)16-8-6-5-7-9-16/h5-9,13-15,19H,10-12H2,1-4H3,(H,21,25)(H,22,23)/t15-,19?/m0/s1. The third-order valence-corrected chi connectivity index (χ3v) is 3.80. The summed E-state index contributed by atoms with van der Waals surface area (Å²) in [6, 6.07) is 8.44. The quantitative estimate of drug-likeness (QED) is 0.475. The highest BCUT2D eigenvalue weighted by molar-refractivity contribution is 5.89. The van der Waals surface area contributed by atoms with Crippen LogP contribution in [0.25, 0.3) is 0 Å². The van der Waals surface area contributed by atoms with Crippen LogP contribution < -0.4 is 5.32 Å². The summed E-state index contributed by atoms with van der Waals surface area (Å²) in [4.78, 5) is 35.2. The van der Waals surface area contributed by atoms with Crippen molar-refractivity contribution in [2.45, 2.75) is 46.8 Å². The molecule has 0 fully saturated rings. The Kier molecular flexibility index (Phi) is 9.33. The van der Waals surface area contributed by atoms with Gasteiger partial charge in [0.1, 0.15) is 0 Å². The highest BCUT2D eigenvalue weighted by Crippen LogP contribution is 2.16. The first kappa shape index (κ1) is 22.5. The Labute approximate surface area is 160 Å². The fraction of sp³-hybridized carbons (Fsp3) is 0.550. The molecule has 27 heavy (non-hydrogen) atoms. The molecule has 0 aliphatic rings. The van der Waals surface area contributed by atoms with Crippen molar-refractivity contribution in [3.63, 3.8) is 0 Å². The molecule has 150 valence electrons. The molecule has 0 aromatic heterocycles. The monoisotopic (exact) mass is 379 g/mol. The van der Waals surface area contributed by atoms with Crippen molar-refractivity contribution >= 4 is 18.0 Å². The zero-order valence-electron chi connectivity index (χ0n) is 16.3. The van der Waals surface area contributed by atoms with Crippen LogP contribution in [0.15, 0.2) is 30.3 Å². The predicted octanol–water partition coefficient (Wildman–Crippen LogP) is 3.69. The van der Waals surface area contributed by atoms with Crippen molar-refractivity contribution in [1.29, 1.82) is 0 Å². The van der Waals surface area contributed by atoms with Gasteiger partial charge in [-0.25, -0.2) is 9.59 Å². The molecule has 7 heteroatoms. The van der Waals surface area contributed by atoms with Gasteiger partial charge in [0, 0.05) is 18.9 Å². The first-order valence-electron chi connectivity index (χ1n) is 9.11. The van der Waals surface area contributed by atoms with Crippen LogP contribution in [-0.2, 0) is 14.3 Å². The van der Waals surface area contributed by atoms with E-state index < -0.39 is 24.3 Å². The highest BCUT2D eigenvalue weighted by atomic mass is 16.7. The summed E-state index contributed by atoms with van der Waals surface area (Å²) < 4.78 is 10.5. The van der Waals surface area contributed by atoms with Gasteiger partial charge in [0.05, 0.1) is 5.56 Å². The van der Waals surface area contributed by atoms with Crippen molar-refractivity contribution in [2.24, 2.45) is 17.8 Å². The molecule has 1 unspecified atom stereocenters. The minimum absolute atomic E-state index is 0.0327. The number of carbonyl (C=O) groups excluding carboxylic acids is 2. The van der Waals surface area contributed by atoms with Crippen LogP contribution in [0, 0.1) is 17.8 Å². The Morgan fingerprint density at radius 2 is 1.67 bits per heavy atom. The molecule has 2 N–H and O–H groups in total. The van der Waals surface area contributed by atoms with E-state index in [1.165, 1.54) is 0 Å². The summed E-state index contributed by atoms with van der Waals surface area (Å²) in [7, 11) is 0. The summed E-state index contributed by atoms with van der Waals surface area (Å²) >= 11 is 0. The van der Waals surface area contributed by atoms with Gasteiger partial charge in [0.25, 0.3) is 6.29 Å². The summed E-state index contributed by atoms with van der Waals surface area (Å²) in [6.07, 6.45) is -1.15. The number of carboxylic acids is 1. The Morgan fingerprint density at radius 1 is 1.04 bits per heavy atom. The van der Waals surface area contributed by atoms with Crippen molar-refractivity contribution in [1.82, 2.24) is 5.32 Å². The van der Waals surface area contributed by atoms with Crippen molar-refractivity contribution < 1.29 is 29.0 Å². The lowest BCUT2D eigenvalue weighted by atomic mass is 9.94. The van der Waals surface area contributed by atoms with E-state index in [2.05, 4.69) is 5.32 Å². The lowest BCUT2D eigenvalue weighted by molar-refractivity contribution is -0.138. The van der Waals surface area contributed by atoms with Gasteiger partial charge in [-0.3, -0.25) is 4.79 Å². The third-order valence-electron chi connectivity index (χ3n) is 3.80. The molecule has 1 amide bonds. The topological polar surface area (TPSA) is 102 Å². The number of amides is 1. The maximum Gasteiger partial charge on any atom is 0.410 e. The molecule has 1 aromatic carbocycles. The number of benzene rings is 1. The molecular formula is C20H29NO6. The first-order chi connectivity index (χ1) is 12.7. The maximum atomic E-state index is 12.2. The normalized spacial score (nSPS) is 13.1. The fourth-order valence-corrected chi connectivity index (χ4v) is 2.57. The van der Waals surface area contributed by atoms with Gasteiger partial charge in [-0.15, -0.1) is 0 Å². The van der Waals surface area contributed by atoms with E-state index in [4.69, 9.17) is 14.6 Å². The first-order valence-corrected chi connectivity index (χ1v) is 9.11. The number of carboxylic acid groups (broad SMARTS) is 1. The molecule has 0 radical (unpaired) electrons. The Bertz CT molecular complexity index is 614. The fourth-order valence-electron chi connectivity index (χ4n) is 2.57. The number of carbonyl (C=O) groups is 3. The average molecular weight is 379 g/mol. The SMILES string of the molecule is CC(C)C[C@H](CNC(=O)OC(OC(=O)c1ccccc1)C(C)C)CC(=O)O. The molecule has 0 saturated carbocycles. The van der Waals surface area contributed by atoms with Crippen LogP contribution in [0.3, 0.4) is 0 Å². The number of esters is 1. The summed E-state index contributed by atoms with van der Waals surface area (Å²) in [5.74, 6) is -1.62. The van der Waals surface area contributed by atoms with Crippen LogP contribution in [0.1, 0.15) is 50.9 Å². The smallest absolute Gasteiger partial charge is 0.410 e. The minimum Gasteiger partial charge on any atom is -0.481 e. The van der Waals surface area contributed by atoms with Crippen LogP contribution in [-0.4, -0.2) is 36.0 Å². The summed E-state index contributed by atoms with van der Waals surface area (Å²) in [5.41, 5.74) is 0.366. The second kappa shape index (κ2) is 11.2. The van der Waals surface area contributed by atoms with Crippen molar-refractivity contribution in [2.75, 3.05) is 6.54 Å². The van der Waals surface area contributed by atoms with Crippen molar-refractivity contribution in [3.8, 4) is 0 Å². The predicted molar refractivity (Wildman–Crippen MR) is 100 cm³/mol. The molecule has 0 heterocycles. The van der Waals surface area contributed by atoms with E-state index >= 15 is 0 Å². The zero-order valence-corrected chi connectivity index (χ0v) is 16.3. The molecule has 7 nitrogen and oxygen atoms in total. The van der Waals surface area contributed by atoms with Gasteiger partial charge in [-0.2, -0.15) is 0 Å². The molecule has 0 aliphatic carbocycles. The van der Waals surface area contributed by atoms with E-state index in [-0.39, 0.29) is 24.8 Å². The van der Waals surface area contributed by atoms with Crippen LogP contribution in [0.5, 0.6) is 0 Å². The minimum atomic E-state index is -1.04. The lowest BCUT2D eigenvalue weighted by Crippen LogP contribution is -2.37. The number of hydrogen-bond acceptors (Lipinski definition) is 5. The average Bonchev–Trinajstić information content (AvgIpc) is 2.58. The van der Waals surface area contributed by atoms with Crippen molar-refractivity contribution in [3.05, 3.63) is 35.9 Å². The van der Waals surface area contributed by atoms with E-state index in [1.807, 2.05) is 13.8 Å². The number of aliphatic carboxylic acids is 1. The Balaban J connectivity index is 2.59. The molecule has 1 rings (SSSR count). The Hall–Kier alpha value is -2.57. The number of nitrogens with one attached hydrogen (secondary N) is 1. The van der Waals surface area contributed by atoms with E-state index in [9.17, 15) is 14.4 Å². The lowest BCUT2D eigenvalue weighted by Gasteiger charge is -2.23. The molecular weight excluding hydrogens is 350 g/mol. The highest BCUT2D eigenvalue weighted by Gasteiger charge is 2.24. The number of rotatable bonds is 10. The van der Waals surface area contributed by atoms with Crippen LogP contribution in [0.2, 0.25) is 0 Å².